The fraction of sp³-hybridized carbons (Fsp3) is 0. The summed E-state index contributed by atoms with van der Waals surface area (Å²) < 4.78 is 0. The molecule has 0 fully saturated rings. The topological polar surface area (TPSA) is 174 Å². The average Bonchev–Trinajstić information content (AvgIpc) is 1.50. The summed E-state index contributed by atoms with van der Waals surface area (Å²) in [5, 5.41) is 12.5. The number of hydrogen-bond acceptors (Lipinski definition) is 2. The van der Waals surface area contributed by atoms with Crippen molar-refractivity contribution in [3.8, 4) is 0 Å². The van der Waals surface area contributed by atoms with E-state index in [1.807, 2.05) is 0 Å². The summed E-state index contributed by atoms with van der Waals surface area (Å²) in [6.45, 7) is 9.50. The van der Waals surface area contributed by atoms with E-state index in [1.54, 1.807) is 0 Å². The van der Waals surface area contributed by atoms with Gasteiger partial charge in [-0.1, -0.05) is 0 Å². The van der Waals surface area contributed by atoms with Gasteiger partial charge in [0.25, 0.3) is 0 Å². The molecular weight excluding hydrogens is 211 g/mol. The molecule has 0 aromatic carbocycles. The number of hydrogen-bond donors (Lipinski definition) is 0. The van der Waals surface area contributed by atoms with Gasteiger partial charge in [0.05, 0.1) is 0 Å². The molecule has 8 heteroatoms. The van der Waals surface area contributed by atoms with E-state index in [1.165, 1.54) is 0 Å². The standard InChI is InChI=1S/2CN.Fe.K.4H2O/c2*1-2;;;;;;/h;;;;4*1H2/q2*-1;+2;;;;;. The maximum absolute atomic E-state index is 6.25. The number of rotatable bonds is 0. The van der Waals surface area contributed by atoms with Crippen molar-refractivity contribution in [1.82, 2.24) is 0 Å². The predicted molar refractivity (Wildman–Crippen MR) is 30.1 cm³/mol. The maximum Gasteiger partial charge on any atom is 2.00 e. The van der Waals surface area contributed by atoms with Crippen LogP contribution in [0.15, 0.2) is 0 Å². The third-order valence-corrected chi connectivity index (χ3v) is 0. The summed E-state index contributed by atoms with van der Waals surface area (Å²) >= 11 is 0. The maximum atomic E-state index is 6.25. The third-order valence-electron chi connectivity index (χ3n) is 0. The Balaban J connectivity index is -0.000000000833. The second-order valence-electron chi connectivity index (χ2n) is 0. The van der Waals surface area contributed by atoms with Gasteiger partial charge in [-0.15, -0.1) is 0 Å². The molecule has 0 aromatic rings. The summed E-state index contributed by atoms with van der Waals surface area (Å²) in [4.78, 5) is 0. The van der Waals surface area contributed by atoms with Gasteiger partial charge in [0.2, 0.25) is 0 Å². The van der Waals surface area contributed by atoms with Gasteiger partial charge in [0.15, 0.2) is 0 Å². The van der Waals surface area contributed by atoms with Crippen molar-refractivity contribution in [2.45, 2.75) is 0 Å². The Morgan fingerprint density at radius 3 is 0.600 bits per heavy atom. The van der Waals surface area contributed by atoms with Crippen LogP contribution in [0.1, 0.15) is 0 Å². The van der Waals surface area contributed by atoms with Gasteiger partial charge in [0.1, 0.15) is 0 Å². The van der Waals surface area contributed by atoms with Crippen molar-refractivity contribution in [2.75, 3.05) is 0 Å². The Labute approximate surface area is 112 Å². The van der Waals surface area contributed by atoms with Crippen molar-refractivity contribution in [1.29, 1.82) is 10.5 Å². The Kier molecular flexibility index (Phi) is 10400. The van der Waals surface area contributed by atoms with Crippen molar-refractivity contribution in [2.24, 2.45) is 0 Å². The Morgan fingerprint density at radius 2 is 0.600 bits per heavy atom. The van der Waals surface area contributed by atoms with Gasteiger partial charge in [0, 0.05) is 51.4 Å². The van der Waals surface area contributed by atoms with Crippen LogP contribution < -0.4 is 0 Å². The van der Waals surface area contributed by atoms with E-state index in [0.717, 1.165) is 0 Å². The zero-order valence-electron chi connectivity index (χ0n) is 5.25. The minimum absolute atomic E-state index is 0. The zero-order valence-corrected chi connectivity index (χ0v) is 9.48. The van der Waals surface area contributed by atoms with E-state index in [9.17, 15) is 0 Å². The second-order valence-corrected chi connectivity index (χ2v) is 0. The molecule has 8 N–H and O–H groups in total. The van der Waals surface area contributed by atoms with E-state index >= 15 is 0 Å². The van der Waals surface area contributed by atoms with Crippen molar-refractivity contribution >= 4 is 51.4 Å². The molecule has 0 aromatic heterocycles. The minimum Gasteiger partial charge on any atom is -0.512 e. The molecule has 0 rings (SSSR count). The molecule has 6 nitrogen and oxygen atoms in total. The molecule has 0 unspecified atom stereocenters. The largest absolute Gasteiger partial charge is 2.00 e. The van der Waals surface area contributed by atoms with Crippen LogP contribution in [0.5, 0.6) is 0 Å². The monoisotopic (exact) mass is 219 g/mol. The van der Waals surface area contributed by atoms with Crippen LogP contribution in [-0.2, 0) is 17.1 Å². The minimum atomic E-state index is 0. The molecule has 0 aliphatic rings. The molecule has 0 saturated carbocycles. The first-order valence-electron chi connectivity index (χ1n) is 0.447. The summed E-state index contributed by atoms with van der Waals surface area (Å²) in [5.41, 5.74) is 0. The molecule has 0 spiro atoms. The molecule has 10 heavy (non-hydrogen) atoms. The van der Waals surface area contributed by atoms with E-state index < -0.39 is 0 Å². The molecule has 0 heterocycles. The first kappa shape index (κ1) is 123. The second kappa shape index (κ2) is 844. The van der Waals surface area contributed by atoms with Crippen LogP contribution in [0.4, 0.5) is 0 Å². The van der Waals surface area contributed by atoms with Gasteiger partial charge in [-0.3, -0.25) is 0 Å². The van der Waals surface area contributed by atoms with E-state index in [0.29, 0.717) is 0 Å². The van der Waals surface area contributed by atoms with Crippen molar-refractivity contribution in [3.05, 3.63) is 13.1 Å². The van der Waals surface area contributed by atoms with Crippen LogP contribution in [-0.4, -0.2) is 73.3 Å². The Bertz CT molecular complexity index is 36.7. The smallest absolute Gasteiger partial charge is 0.512 e. The van der Waals surface area contributed by atoms with Gasteiger partial charge in [-0.2, -0.15) is 0 Å². The SMILES string of the molecule is O.O.O.O.[C-]#N.[C-]#N.[Fe+2].[K]. The molecule has 0 saturated heterocycles. The van der Waals surface area contributed by atoms with E-state index in [4.69, 9.17) is 23.7 Å². The molecule has 0 atom stereocenters. The predicted octanol–water partition coefficient (Wildman–Crippen LogP) is -3.49. The van der Waals surface area contributed by atoms with Crippen molar-refractivity contribution < 1.29 is 39.0 Å². The fourth-order valence-corrected chi connectivity index (χ4v) is 0. The van der Waals surface area contributed by atoms with Crippen LogP contribution in [0.3, 0.4) is 0 Å². The van der Waals surface area contributed by atoms with E-state index in [-0.39, 0.29) is 90.4 Å². The average molecular weight is 219 g/mol. The van der Waals surface area contributed by atoms with Gasteiger partial charge in [-0.25, -0.2) is 0 Å². The zero-order chi connectivity index (χ0) is 4.00. The Morgan fingerprint density at radius 1 is 0.600 bits per heavy atom. The fourth-order valence-electron chi connectivity index (χ4n) is 0. The summed E-state index contributed by atoms with van der Waals surface area (Å²) in [6.07, 6.45) is 0. The van der Waals surface area contributed by atoms with Crippen LogP contribution in [0.2, 0.25) is 0 Å². The molecule has 59 valence electrons. The van der Waals surface area contributed by atoms with E-state index in [2.05, 4.69) is 0 Å². The quantitative estimate of drug-likeness (QED) is 0.304. The van der Waals surface area contributed by atoms with Gasteiger partial charge < -0.3 is 45.6 Å². The summed E-state index contributed by atoms with van der Waals surface area (Å²) in [6, 6.07) is 0. The normalized spacial score (nSPS) is 0.400. The van der Waals surface area contributed by atoms with Gasteiger partial charge in [-0.05, 0) is 0 Å². The molecule has 0 aliphatic carbocycles. The molecule has 1 radical (unpaired) electrons. The molecule has 0 aliphatic heterocycles. The first-order chi connectivity index (χ1) is 2.00. The van der Waals surface area contributed by atoms with Gasteiger partial charge >= 0.3 is 17.1 Å². The molecule has 0 bridgehead atoms. The summed E-state index contributed by atoms with van der Waals surface area (Å²) in [5.74, 6) is 0. The molecular formula is C2H8FeKN2O4. The Hall–Kier alpha value is 0.976. The van der Waals surface area contributed by atoms with Crippen LogP contribution in [0.25, 0.3) is 0 Å². The molecule has 0 amide bonds. The first-order valence-corrected chi connectivity index (χ1v) is 0.447. The van der Waals surface area contributed by atoms with Crippen LogP contribution >= 0.6 is 0 Å². The van der Waals surface area contributed by atoms with Crippen molar-refractivity contribution in [3.63, 3.8) is 0 Å². The third kappa shape index (κ3) is 600. The van der Waals surface area contributed by atoms with Crippen LogP contribution in [0, 0.1) is 23.7 Å². The summed E-state index contributed by atoms with van der Waals surface area (Å²) in [7, 11) is 0. The number of nitrogens with zero attached hydrogens (tertiary/aromatic N) is 2.